The van der Waals surface area contributed by atoms with Crippen molar-refractivity contribution < 1.29 is 0 Å². The van der Waals surface area contributed by atoms with E-state index in [0.29, 0.717) is 10.9 Å². The number of allylic oxidation sites excluding steroid dienone is 3. The van der Waals surface area contributed by atoms with Gasteiger partial charge in [0, 0.05) is 11.3 Å². The molecule has 0 spiro atoms. The van der Waals surface area contributed by atoms with Gasteiger partial charge in [-0.25, -0.2) is 0 Å². The van der Waals surface area contributed by atoms with E-state index >= 15 is 0 Å². The molecule has 0 aromatic rings. The minimum absolute atomic E-state index is 0.0785. The van der Waals surface area contributed by atoms with E-state index in [1.54, 1.807) is 0 Å². The molecule has 0 aromatic carbocycles. The molecule has 0 fully saturated rings. The lowest BCUT2D eigenvalue weighted by molar-refractivity contribution is 0.747. The molecule has 3 nitrogen and oxygen atoms in total. The summed E-state index contributed by atoms with van der Waals surface area (Å²) in [4.78, 5) is 0. The molecule has 0 aromatic heterocycles. The van der Waals surface area contributed by atoms with Crippen molar-refractivity contribution in [1.29, 1.82) is 0 Å². The van der Waals surface area contributed by atoms with Gasteiger partial charge in [0.15, 0.2) is 5.17 Å². The van der Waals surface area contributed by atoms with Crippen LogP contribution in [0.5, 0.6) is 0 Å². The highest BCUT2D eigenvalue weighted by atomic mass is 35.5. The summed E-state index contributed by atoms with van der Waals surface area (Å²) >= 11 is 5.83. The average Bonchev–Trinajstić information content (AvgIpc) is 2.31. The van der Waals surface area contributed by atoms with Crippen LogP contribution in [0.4, 0.5) is 0 Å². The Morgan fingerprint density at radius 1 is 1.58 bits per heavy atom. The van der Waals surface area contributed by atoms with Gasteiger partial charge in [0.1, 0.15) is 0 Å². The predicted molar refractivity (Wildman–Crippen MR) is 49.7 cm³/mol. The monoisotopic (exact) mass is 181 g/mol. The van der Waals surface area contributed by atoms with Crippen LogP contribution < -0.4 is 11.2 Å². The summed E-state index contributed by atoms with van der Waals surface area (Å²) in [7, 11) is 0. The SMILES string of the molecule is NC1=CC=CC2NN=C(Cl)C2=C1. The van der Waals surface area contributed by atoms with Gasteiger partial charge in [-0.05, 0) is 12.2 Å². The van der Waals surface area contributed by atoms with Crippen molar-refractivity contribution in [3.8, 4) is 0 Å². The van der Waals surface area contributed by atoms with Gasteiger partial charge >= 0.3 is 0 Å². The molecule has 0 saturated heterocycles. The Kier molecular flexibility index (Phi) is 1.66. The first-order chi connectivity index (χ1) is 5.77. The molecule has 1 unspecified atom stereocenters. The molecule has 3 N–H and O–H groups in total. The second kappa shape index (κ2) is 2.68. The zero-order valence-electron chi connectivity index (χ0n) is 6.29. The van der Waals surface area contributed by atoms with Gasteiger partial charge in [0.2, 0.25) is 0 Å². The molecule has 12 heavy (non-hydrogen) atoms. The number of nitrogens with zero attached hydrogens (tertiary/aromatic N) is 1. The van der Waals surface area contributed by atoms with Crippen LogP contribution in [0.25, 0.3) is 0 Å². The molecular weight excluding hydrogens is 174 g/mol. The number of rotatable bonds is 0. The maximum Gasteiger partial charge on any atom is 0.154 e. The third kappa shape index (κ3) is 1.12. The van der Waals surface area contributed by atoms with Crippen molar-refractivity contribution in [3.05, 3.63) is 35.6 Å². The van der Waals surface area contributed by atoms with Gasteiger partial charge in [-0.3, -0.25) is 5.43 Å². The number of nitrogens with two attached hydrogens (primary N) is 1. The van der Waals surface area contributed by atoms with E-state index in [0.717, 1.165) is 5.57 Å². The standard InChI is InChI=1S/C8H8ClN3/c9-8-6-4-5(10)2-1-3-7(6)11-12-8/h1-4,7,11H,10H2. The molecule has 0 amide bonds. The van der Waals surface area contributed by atoms with E-state index in [-0.39, 0.29) is 6.04 Å². The first-order valence-corrected chi connectivity index (χ1v) is 4.00. The van der Waals surface area contributed by atoms with Gasteiger partial charge < -0.3 is 5.73 Å². The molecule has 0 bridgehead atoms. The first kappa shape index (κ1) is 7.43. The number of fused-ring (bicyclic) bond motifs is 1. The van der Waals surface area contributed by atoms with Crippen molar-refractivity contribution in [3.63, 3.8) is 0 Å². The van der Waals surface area contributed by atoms with Gasteiger partial charge in [-0.1, -0.05) is 23.8 Å². The Morgan fingerprint density at radius 2 is 2.42 bits per heavy atom. The van der Waals surface area contributed by atoms with Crippen molar-refractivity contribution in [2.75, 3.05) is 0 Å². The average molecular weight is 182 g/mol. The lowest BCUT2D eigenvalue weighted by Gasteiger charge is -2.03. The molecule has 1 aliphatic carbocycles. The number of halogens is 1. The van der Waals surface area contributed by atoms with E-state index < -0.39 is 0 Å². The Bertz CT molecular complexity index is 325. The third-order valence-corrected chi connectivity index (χ3v) is 2.09. The number of hydrogen-bond donors (Lipinski definition) is 2. The van der Waals surface area contributed by atoms with Crippen LogP contribution in [-0.4, -0.2) is 11.2 Å². The Balaban J connectivity index is 2.42. The van der Waals surface area contributed by atoms with Crippen LogP contribution >= 0.6 is 11.6 Å². The van der Waals surface area contributed by atoms with Crippen LogP contribution in [0.1, 0.15) is 0 Å². The van der Waals surface area contributed by atoms with Crippen molar-refractivity contribution in [2.24, 2.45) is 10.8 Å². The molecule has 1 atom stereocenters. The van der Waals surface area contributed by atoms with Crippen LogP contribution in [0.15, 0.2) is 40.7 Å². The Labute approximate surface area is 75.3 Å². The largest absolute Gasteiger partial charge is 0.399 e. The van der Waals surface area contributed by atoms with Gasteiger partial charge in [0.25, 0.3) is 0 Å². The molecule has 1 heterocycles. The zero-order valence-corrected chi connectivity index (χ0v) is 7.05. The van der Waals surface area contributed by atoms with E-state index in [1.807, 2.05) is 24.3 Å². The second-order valence-electron chi connectivity index (χ2n) is 2.66. The number of nitrogens with one attached hydrogen (secondary N) is 1. The summed E-state index contributed by atoms with van der Waals surface area (Å²) in [5.74, 6) is 0. The summed E-state index contributed by atoms with van der Waals surface area (Å²) in [6.07, 6.45) is 7.51. The molecule has 4 heteroatoms. The van der Waals surface area contributed by atoms with Gasteiger partial charge in [0.05, 0.1) is 6.04 Å². The van der Waals surface area contributed by atoms with E-state index in [1.165, 1.54) is 0 Å². The summed E-state index contributed by atoms with van der Waals surface area (Å²) < 4.78 is 0. The van der Waals surface area contributed by atoms with Crippen LogP contribution in [0.3, 0.4) is 0 Å². The highest BCUT2D eigenvalue weighted by Crippen LogP contribution is 2.19. The van der Waals surface area contributed by atoms with Gasteiger partial charge in [-0.15, -0.1) is 0 Å². The fraction of sp³-hybridized carbons (Fsp3) is 0.125. The fourth-order valence-electron chi connectivity index (χ4n) is 1.19. The second-order valence-corrected chi connectivity index (χ2v) is 3.02. The molecule has 62 valence electrons. The normalized spacial score (nSPS) is 26.4. The molecule has 2 rings (SSSR count). The zero-order chi connectivity index (χ0) is 8.55. The number of hydrazone groups is 1. The molecule has 0 radical (unpaired) electrons. The summed E-state index contributed by atoms with van der Waals surface area (Å²) in [6, 6.07) is 0.0785. The van der Waals surface area contributed by atoms with Crippen molar-refractivity contribution in [2.45, 2.75) is 6.04 Å². The predicted octanol–water partition coefficient (Wildman–Crippen LogP) is 0.849. The van der Waals surface area contributed by atoms with Crippen molar-refractivity contribution in [1.82, 2.24) is 5.43 Å². The third-order valence-electron chi connectivity index (χ3n) is 1.79. The molecule has 1 aliphatic heterocycles. The van der Waals surface area contributed by atoms with Crippen molar-refractivity contribution >= 4 is 16.8 Å². The van der Waals surface area contributed by atoms with E-state index in [2.05, 4.69) is 10.5 Å². The summed E-state index contributed by atoms with van der Waals surface area (Å²) in [6.45, 7) is 0. The van der Waals surface area contributed by atoms with Crippen LogP contribution in [0.2, 0.25) is 0 Å². The quantitative estimate of drug-likeness (QED) is 0.582. The fourth-order valence-corrected chi connectivity index (χ4v) is 1.41. The minimum Gasteiger partial charge on any atom is -0.399 e. The Hall–Kier alpha value is -1.22. The van der Waals surface area contributed by atoms with Gasteiger partial charge in [-0.2, -0.15) is 5.10 Å². The summed E-state index contributed by atoms with van der Waals surface area (Å²) in [5.41, 5.74) is 10.2. The number of hydrogen-bond acceptors (Lipinski definition) is 3. The topological polar surface area (TPSA) is 50.4 Å². The van der Waals surface area contributed by atoms with E-state index in [4.69, 9.17) is 17.3 Å². The highest BCUT2D eigenvalue weighted by molar-refractivity contribution is 6.70. The van der Waals surface area contributed by atoms with Crippen LogP contribution in [-0.2, 0) is 0 Å². The van der Waals surface area contributed by atoms with E-state index in [9.17, 15) is 0 Å². The first-order valence-electron chi connectivity index (χ1n) is 3.62. The minimum atomic E-state index is 0.0785. The summed E-state index contributed by atoms with van der Waals surface area (Å²) in [5, 5.41) is 4.38. The maximum absolute atomic E-state index is 5.83. The maximum atomic E-state index is 5.83. The highest BCUT2D eigenvalue weighted by Gasteiger charge is 2.21. The molecular formula is C8H8ClN3. The lowest BCUT2D eigenvalue weighted by Crippen LogP contribution is -2.18. The molecule has 2 aliphatic rings. The van der Waals surface area contributed by atoms with Crippen LogP contribution in [0, 0.1) is 0 Å². The Morgan fingerprint density at radius 3 is 3.25 bits per heavy atom. The smallest absolute Gasteiger partial charge is 0.154 e. The lowest BCUT2D eigenvalue weighted by atomic mass is 10.1. The molecule has 0 saturated carbocycles.